The molecule has 1 aliphatic heterocycles. The van der Waals surface area contributed by atoms with Crippen molar-refractivity contribution in [2.24, 2.45) is 11.0 Å². The molecule has 1 heterocycles. The van der Waals surface area contributed by atoms with Gasteiger partial charge in [-0.05, 0) is 55.9 Å². The minimum Gasteiger partial charge on any atom is -0.278 e. The van der Waals surface area contributed by atoms with Crippen molar-refractivity contribution in [3.05, 3.63) is 83.6 Å². The van der Waals surface area contributed by atoms with E-state index in [1.165, 1.54) is 38.2 Å². The summed E-state index contributed by atoms with van der Waals surface area (Å²) in [6.07, 6.45) is 18.7. The third-order valence-electron chi connectivity index (χ3n) is 6.61. The highest BCUT2D eigenvalue weighted by molar-refractivity contribution is 6.05. The molecule has 0 saturated carbocycles. The van der Waals surface area contributed by atoms with E-state index in [9.17, 15) is 14.4 Å². The van der Waals surface area contributed by atoms with E-state index < -0.39 is 0 Å². The van der Waals surface area contributed by atoms with E-state index in [-0.39, 0.29) is 30.6 Å². The van der Waals surface area contributed by atoms with Gasteiger partial charge in [-0.1, -0.05) is 95.5 Å². The second-order valence-electron chi connectivity index (χ2n) is 9.75. The van der Waals surface area contributed by atoms with Crippen LogP contribution in [0.2, 0.25) is 0 Å². The van der Waals surface area contributed by atoms with Crippen LogP contribution in [0, 0.1) is 5.92 Å². The summed E-state index contributed by atoms with van der Waals surface area (Å²) in [6, 6.07) is 7.66. The molecule has 0 saturated heterocycles. The van der Waals surface area contributed by atoms with Crippen molar-refractivity contribution in [3.8, 4) is 0 Å². The Kier molecular flexibility index (Phi) is 16.8. The van der Waals surface area contributed by atoms with Crippen molar-refractivity contribution in [2.75, 3.05) is 0 Å². The maximum absolute atomic E-state index is 12.6. The number of hydrazone groups is 1. The van der Waals surface area contributed by atoms with Crippen molar-refractivity contribution in [3.63, 3.8) is 0 Å². The normalized spacial score (nSPS) is 14.3. The van der Waals surface area contributed by atoms with Gasteiger partial charge in [0.05, 0.1) is 17.8 Å². The Morgan fingerprint density at radius 2 is 1.92 bits per heavy atom. The summed E-state index contributed by atoms with van der Waals surface area (Å²) in [6.45, 7) is 14.0. The van der Waals surface area contributed by atoms with Crippen molar-refractivity contribution in [1.29, 1.82) is 0 Å². The summed E-state index contributed by atoms with van der Waals surface area (Å²) >= 11 is 0. The van der Waals surface area contributed by atoms with Gasteiger partial charge in [-0.15, -0.1) is 0 Å². The number of unbranched alkanes of at least 4 members (excludes halogenated alkanes) is 4. The first-order valence-electron chi connectivity index (χ1n) is 14.2. The molecule has 0 spiro atoms. The Bertz CT molecular complexity index is 1070. The van der Waals surface area contributed by atoms with E-state index in [2.05, 4.69) is 43.1 Å². The Labute approximate surface area is 235 Å². The molecule has 3 amide bonds. The fourth-order valence-electron chi connectivity index (χ4n) is 4.00. The maximum Gasteiger partial charge on any atom is 0.244 e. The van der Waals surface area contributed by atoms with Gasteiger partial charge in [-0.25, -0.2) is 5.43 Å². The summed E-state index contributed by atoms with van der Waals surface area (Å²) in [7, 11) is 0. The van der Waals surface area contributed by atoms with Crippen LogP contribution in [0.25, 0.3) is 0 Å². The van der Waals surface area contributed by atoms with Crippen LogP contribution in [0.4, 0.5) is 0 Å². The van der Waals surface area contributed by atoms with Crippen molar-refractivity contribution >= 4 is 23.9 Å². The van der Waals surface area contributed by atoms with E-state index in [0.717, 1.165) is 28.0 Å². The molecular weight excluding hydrogens is 486 g/mol. The van der Waals surface area contributed by atoms with Gasteiger partial charge in [-0.3, -0.25) is 19.3 Å². The number of hydrogen-bond donors (Lipinski definition) is 1. The molecule has 2 rings (SSSR count). The van der Waals surface area contributed by atoms with Crippen LogP contribution in [-0.2, 0) is 20.8 Å². The van der Waals surface area contributed by atoms with Crippen molar-refractivity contribution in [2.45, 2.75) is 92.4 Å². The van der Waals surface area contributed by atoms with Crippen LogP contribution in [-0.4, -0.2) is 28.8 Å². The zero-order valence-electron chi connectivity index (χ0n) is 24.5. The second-order valence-corrected chi connectivity index (χ2v) is 9.75. The van der Waals surface area contributed by atoms with Crippen molar-refractivity contribution < 1.29 is 14.4 Å². The molecule has 0 aromatic heterocycles. The molecule has 1 N–H and O–H groups in total. The topological polar surface area (TPSA) is 78.8 Å². The molecule has 0 bridgehead atoms. The molecule has 212 valence electrons. The number of amides is 3. The van der Waals surface area contributed by atoms with Gasteiger partial charge in [0.2, 0.25) is 18.2 Å². The first-order chi connectivity index (χ1) is 18.8. The Morgan fingerprint density at radius 1 is 1.18 bits per heavy atom. The van der Waals surface area contributed by atoms with Gasteiger partial charge in [0.25, 0.3) is 0 Å². The van der Waals surface area contributed by atoms with E-state index in [0.29, 0.717) is 24.2 Å². The fraction of sp³-hybridized carbons (Fsp3) is 0.455. The summed E-state index contributed by atoms with van der Waals surface area (Å²) < 4.78 is 0. The lowest BCUT2D eigenvalue weighted by Crippen LogP contribution is -2.29. The first-order valence-corrected chi connectivity index (χ1v) is 14.2. The number of rotatable bonds is 14. The number of imide groups is 1. The highest BCUT2D eigenvalue weighted by Gasteiger charge is 2.20. The molecule has 1 unspecified atom stereocenters. The Morgan fingerprint density at radius 3 is 2.54 bits per heavy atom. The van der Waals surface area contributed by atoms with Gasteiger partial charge in [0, 0.05) is 18.4 Å². The average Bonchev–Trinajstić information content (AvgIpc) is 3.10. The van der Waals surface area contributed by atoms with Gasteiger partial charge in [-0.2, -0.15) is 5.10 Å². The molecule has 1 aliphatic rings. The van der Waals surface area contributed by atoms with E-state index in [1.807, 2.05) is 51.1 Å². The lowest BCUT2D eigenvalue weighted by atomic mass is 9.95. The molecule has 0 fully saturated rings. The van der Waals surface area contributed by atoms with Crippen LogP contribution >= 0.6 is 0 Å². The molecule has 1 aromatic rings. The highest BCUT2D eigenvalue weighted by Crippen LogP contribution is 2.21. The number of nitrogens with zero attached hydrogens (tertiary/aromatic N) is 2. The van der Waals surface area contributed by atoms with E-state index >= 15 is 0 Å². The molecule has 6 nitrogen and oxygen atoms in total. The average molecular weight is 534 g/mol. The number of fused-ring (bicyclic) bond motifs is 1. The number of carbonyl (C=O) groups is 3. The van der Waals surface area contributed by atoms with Crippen LogP contribution < -0.4 is 5.43 Å². The number of nitrogens with one attached hydrogen (secondary N) is 1. The second kappa shape index (κ2) is 19.5. The van der Waals surface area contributed by atoms with Crippen LogP contribution in [0.3, 0.4) is 0 Å². The molecule has 0 radical (unpaired) electrons. The minimum atomic E-state index is -0.259. The SMILES string of the molecule is C/C=C/CCCCCC.C=C/C(=C\C(=C/C)CC1=NNC(=O)Cc2ccccc21)N(C=O)C(=O)CC(C)CC. The fourth-order valence-corrected chi connectivity index (χ4v) is 4.00. The smallest absolute Gasteiger partial charge is 0.244 e. The highest BCUT2D eigenvalue weighted by atomic mass is 16.2. The monoisotopic (exact) mass is 533 g/mol. The largest absolute Gasteiger partial charge is 0.278 e. The molecule has 1 aromatic carbocycles. The maximum atomic E-state index is 12.6. The molecule has 1 atom stereocenters. The summed E-state index contributed by atoms with van der Waals surface area (Å²) in [5, 5.41) is 4.29. The zero-order chi connectivity index (χ0) is 29.0. The quantitative estimate of drug-likeness (QED) is 0.117. The van der Waals surface area contributed by atoms with Crippen molar-refractivity contribution in [1.82, 2.24) is 10.3 Å². The summed E-state index contributed by atoms with van der Waals surface area (Å²) in [5.74, 6) is -0.234. The third kappa shape index (κ3) is 12.2. The predicted molar refractivity (Wildman–Crippen MR) is 162 cm³/mol. The Hall–Kier alpha value is -3.54. The lowest BCUT2D eigenvalue weighted by Gasteiger charge is -2.19. The number of carbonyl (C=O) groups excluding carboxylic acids is 3. The number of hydrogen-bond acceptors (Lipinski definition) is 4. The van der Waals surface area contributed by atoms with Crippen LogP contribution in [0.5, 0.6) is 0 Å². The van der Waals surface area contributed by atoms with Gasteiger partial charge in [0.15, 0.2) is 0 Å². The molecular formula is C33H47N3O3. The van der Waals surface area contributed by atoms with Gasteiger partial charge >= 0.3 is 0 Å². The molecule has 6 heteroatoms. The molecule has 0 aliphatic carbocycles. The van der Waals surface area contributed by atoms with E-state index in [1.54, 1.807) is 6.08 Å². The third-order valence-corrected chi connectivity index (χ3v) is 6.61. The number of allylic oxidation sites excluding steroid dienone is 6. The van der Waals surface area contributed by atoms with Gasteiger partial charge in [0.1, 0.15) is 0 Å². The molecule has 39 heavy (non-hydrogen) atoms. The zero-order valence-corrected chi connectivity index (χ0v) is 24.5. The minimum absolute atomic E-state index is 0.162. The van der Waals surface area contributed by atoms with E-state index in [4.69, 9.17) is 0 Å². The first kappa shape index (κ1) is 33.5. The summed E-state index contributed by atoms with van der Waals surface area (Å²) in [5.41, 5.74) is 6.37. The van der Waals surface area contributed by atoms with Gasteiger partial charge < -0.3 is 0 Å². The number of benzene rings is 1. The predicted octanol–water partition coefficient (Wildman–Crippen LogP) is 7.42. The standard InChI is InChI=1S/C24H29N3O3.C9H18/c1-5-17(4)12-24(30)27(16-28)20(7-3)13-18(6-2)14-22-21-11-9-8-10-19(21)15-23(29)26-25-22;1-3-5-7-9-8-6-4-2/h6-11,13,16-17H,3,5,12,14-15H2,1-2,4H3,(H,26,29);3,5H,4,6-9H2,1-2H3/b18-6+,20-13+;5-3+. The van der Waals surface area contributed by atoms with Crippen LogP contribution in [0.1, 0.15) is 97.1 Å². The Balaban J connectivity index is 0.000000724. The summed E-state index contributed by atoms with van der Waals surface area (Å²) in [4.78, 5) is 37.3. The lowest BCUT2D eigenvalue weighted by molar-refractivity contribution is -0.136. The van der Waals surface area contributed by atoms with Crippen LogP contribution in [0.15, 0.2) is 77.6 Å².